The SMILES string of the molecule is CC1(C)OCC(C(C)(C)C(=O)O)O1. The van der Waals surface area contributed by atoms with E-state index in [2.05, 4.69) is 0 Å². The van der Waals surface area contributed by atoms with Crippen LogP contribution in [0.4, 0.5) is 0 Å². The predicted molar refractivity (Wildman–Crippen MR) is 46.3 cm³/mol. The van der Waals surface area contributed by atoms with Gasteiger partial charge in [-0.25, -0.2) is 0 Å². The van der Waals surface area contributed by atoms with E-state index in [1.54, 1.807) is 27.7 Å². The zero-order valence-electron chi connectivity index (χ0n) is 8.46. The van der Waals surface area contributed by atoms with Crippen molar-refractivity contribution in [3.05, 3.63) is 0 Å². The van der Waals surface area contributed by atoms with Crippen LogP contribution in [0.3, 0.4) is 0 Å². The van der Waals surface area contributed by atoms with E-state index in [1.807, 2.05) is 0 Å². The average molecular weight is 188 g/mol. The summed E-state index contributed by atoms with van der Waals surface area (Å²) >= 11 is 0. The van der Waals surface area contributed by atoms with Gasteiger partial charge in [0, 0.05) is 0 Å². The third kappa shape index (κ3) is 2.00. The van der Waals surface area contributed by atoms with Gasteiger partial charge in [0.1, 0.15) is 0 Å². The minimum atomic E-state index is -0.895. The van der Waals surface area contributed by atoms with Gasteiger partial charge in [0.15, 0.2) is 5.79 Å². The van der Waals surface area contributed by atoms with Crippen molar-refractivity contribution < 1.29 is 19.4 Å². The summed E-state index contributed by atoms with van der Waals surface area (Å²) in [5, 5.41) is 8.94. The molecule has 1 saturated heterocycles. The van der Waals surface area contributed by atoms with Crippen molar-refractivity contribution in [3.8, 4) is 0 Å². The molecule has 4 nitrogen and oxygen atoms in total. The molecule has 0 spiro atoms. The van der Waals surface area contributed by atoms with Crippen molar-refractivity contribution in [3.63, 3.8) is 0 Å². The van der Waals surface area contributed by atoms with E-state index >= 15 is 0 Å². The quantitative estimate of drug-likeness (QED) is 0.708. The molecular weight excluding hydrogens is 172 g/mol. The fourth-order valence-electron chi connectivity index (χ4n) is 1.18. The van der Waals surface area contributed by atoms with Gasteiger partial charge >= 0.3 is 5.97 Å². The van der Waals surface area contributed by atoms with E-state index < -0.39 is 17.2 Å². The van der Waals surface area contributed by atoms with Gasteiger partial charge in [0.25, 0.3) is 0 Å². The Labute approximate surface area is 77.8 Å². The molecule has 0 saturated carbocycles. The fourth-order valence-corrected chi connectivity index (χ4v) is 1.18. The second-order valence-corrected chi connectivity index (χ2v) is 4.34. The molecule has 1 fully saturated rings. The standard InChI is InChI=1S/C9H16O4/c1-8(2,7(10)11)6-5-12-9(3,4)13-6/h6H,5H2,1-4H3,(H,10,11). The van der Waals surface area contributed by atoms with E-state index in [4.69, 9.17) is 14.6 Å². The minimum Gasteiger partial charge on any atom is -0.481 e. The molecule has 1 rings (SSSR count). The van der Waals surface area contributed by atoms with Crippen LogP contribution >= 0.6 is 0 Å². The molecule has 0 aromatic carbocycles. The summed E-state index contributed by atoms with van der Waals surface area (Å²) in [6.07, 6.45) is -0.375. The van der Waals surface area contributed by atoms with Crippen LogP contribution in [0.25, 0.3) is 0 Å². The van der Waals surface area contributed by atoms with Crippen molar-refractivity contribution in [1.29, 1.82) is 0 Å². The molecule has 0 aromatic heterocycles. The molecule has 0 radical (unpaired) electrons. The number of carboxylic acid groups (broad SMARTS) is 1. The molecule has 0 aromatic rings. The number of hydrogen-bond donors (Lipinski definition) is 1. The van der Waals surface area contributed by atoms with Gasteiger partial charge < -0.3 is 14.6 Å². The molecule has 0 aliphatic carbocycles. The van der Waals surface area contributed by atoms with Crippen LogP contribution in [-0.2, 0) is 14.3 Å². The third-order valence-electron chi connectivity index (χ3n) is 2.36. The summed E-state index contributed by atoms with van der Waals surface area (Å²) in [5.41, 5.74) is -0.895. The summed E-state index contributed by atoms with van der Waals surface area (Å²) < 4.78 is 10.8. The van der Waals surface area contributed by atoms with Gasteiger partial charge in [0.2, 0.25) is 0 Å². The average Bonchev–Trinajstić information content (AvgIpc) is 2.30. The molecule has 76 valence electrons. The number of carboxylic acids is 1. The summed E-state index contributed by atoms with van der Waals surface area (Å²) in [4.78, 5) is 10.9. The molecule has 13 heavy (non-hydrogen) atoms. The number of hydrogen-bond acceptors (Lipinski definition) is 3. The molecule has 1 N–H and O–H groups in total. The molecule has 1 atom stereocenters. The largest absolute Gasteiger partial charge is 0.481 e. The molecule has 0 bridgehead atoms. The molecule has 0 amide bonds. The van der Waals surface area contributed by atoms with E-state index in [0.717, 1.165) is 0 Å². The smallest absolute Gasteiger partial charge is 0.311 e. The van der Waals surface area contributed by atoms with Crippen LogP contribution in [0.5, 0.6) is 0 Å². The fraction of sp³-hybridized carbons (Fsp3) is 0.889. The summed E-state index contributed by atoms with van der Waals surface area (Å²) in [6, 6.07) is 0. The van der Waals surface area contributed by atoms with E-state index in [9.17, 15) is 4.79 Å². The lowest BCUT2D eigenvalue weighted by atomic mass is 9.87. The minimum absolute atomic E-state index is 0.340. The monoisotopic (exact) mass is 188 g/mol. The van der Waals surface area contributed by atoms with Crippen LogP contribution in [-0.4, -0.2) is 29.6 Å². The van der Waals surface area contributed by atoms with Gasteiger partial charge in [-0.05, 0) is 27.7 Å². The second-order valence-electron chi connectivity index (χ2n) is 4.34. The number of aliphatic carboxylic acids is 1. The molecule has 1 heterocycles. The summed E-state index contributed by atoms with van der Waals surface area (Å²) in [6.45, 7) is 7.19. The second kappa shape index (κ2) is 2.96. The topological polar surface area (TPSA) is 55.8 Å². The maximum absolute atomic E-state index is 10.9. The predicted octanol–water partition coefficient (Wildman–Crippen LogP) is 1.25. The Balaban J connectivity index is 2.71. The highest BCUT2D eigenvalue weighted by molar-refractivity contribution is 5.74. The molecule has 1 aliphatic rings. The first-order valence-corrected chi connectivity index (χ1v) is 4.31. The summed E-state index contributed by atoms with van der Waals surface area (Å²) in [7, 11) is 0. The highest BCUT2D eigenvalue weighted by Gasteiger charge is 2.45. The zero-order valence-corrected chi connectivity index (χ0v) is 8.46. The molecular formula is C9H16O4. The van der Waals surface area contributed by atoms with E-state index in [0.29, 0.717) is 6.61 Å². The van der Waals surface area contributed by atoms with Crippen molar-refractivity contribution in [1.82, 2.24) is 0 Å². The Kier molecular flexibility index (Phi) is 2.38. The Morgan fingerprint density at radius 1 is 1.54 bits per heavy atom. The molecule has 1 unspecified atom stereocenters. The Hall–Kier alpha value is -0.610. The lowest BCUT2D eigenvalue weighted by molar-refractivity contribution is -0.169. The normalized spacial score (nSPS) is 27.5. The Morgan fingerprint density at radius 3 is 2.38 bits per heavy atom. The first-order valence-electron chi connectivity index (χ1n) is 4.31. The number of carbonyl (C=O) groups is 1. The maximum atomic E-state index is 10.9. The van der Waals surface area contributed by atoms with Gasteiger partial charge in [-0.1, -0.05) is 0 Å². The third-order valence-corrected chi connectivity index (χ3v) is 2.36. The van der Waals surface area contributed by atoms with Gasteiger partial charge in [-0.3, -0.25) is 4.79 Å². The Bertz CT molecular complexity index is 220. The lowest BCUT2D eigenvalue weighted by Crippen LogP contribution is -2.39. The van der Waals surface area contributed by atoms with Crippen LogP contribution < -0.4 is 0 Å². The van der Waals surface area contributed by atoms with Crippen molar-refractivity contribution in [2.45, 2.75) is 39.6 Å². The highest BCUT2D eigenvalue weighted by Crippen LogP contribution is 2.33. The van der Waals surface area contributed by atoms with Crippen LogP contribution in [0, 0.1) is 5.41 Å². The van der Waals surface area contributed by atoms with Crippen LogP contribution in [0.2, 0.25) is 0 Å². The summed E-state index contributed by atoms with van der Waals surface area (Å²) in [5.74, 6) is -1.52. The van der Waals surface area contributed by atoms with E-state index in [1.165, 1.54) is 0 Å². The Morgan fingerprint density at radius 2 is 2.08 bits per heavy atom. The first-order chi connectivity index (χ1) is 5.76. The highest BCUT2D eigenvalue weighted by atomic mass is 16.7. The van der Waals surface area contributed by atoms with Crippen LogP contribution in [0.1, 0.15) is 27.7 Å². The van der Waals surface area contributed by atoms with Crippen molar-refractivity contribution in [2.75, 3.05) is 6.61 Å². The molecule has 1 aliphatic heterocycles. The van der Waals surface area contributed by atoms with Crippen molar-refractivity contribution >= 4 is 5.97 Å². The van der Waals surface area contributed by atoms with Gasteiger partial charge in [-0.2, -0.15) is 0 Å². The molecule has 4 heteroatoms. The lowest BCUT2D eigenvalue weighted by Gasteiger charge is -2.26. The van der Waals surface area contributed by atoms with E-state index in [-0.39, 0.29) is 6.10 Å². The zero-order chi connectivity index (χ0) is 10.3. The maximum Gasteiger partial charge on any atom is 0.311 e. The van der Waals surface area contributed by atoms with Gasteiger partial charge in [0.05, 0.1) is 18.1 Å². The number of ether oxygens (including phenoxy) is 2. The number of rotatable bonds is 2. The first kappa shape index (κ1) is 10.5. The van der Waals surface area contributed by atoms with Gasteiger partial charge in [-0.15, -0.1) is 0 Å². The van der Waals surface area contributed by atoms with Crippen molar-refractivity contribution in [2.24, 2.45) is 5.41 Å². The van der Waals surface area contributed by atoms with Crippen LogP contribution in [0.15, 0.2) is 0 Å².